The summed E-state index contributed by atoms with van der Waals surface area (Å²) in [4.78, 5) is 25.2. The lowest BCUT2D eigenvalue weighted by atomic mass is 10.1. The molecular weight excluding hydrogens is 376 g/mol. The Morgan fingerprint density at radius 1 is 0.900 bits per heavy atom. The third kappa shape index (κ3) is 7.94. The zero-order valence-corrected chi connectivity index (χ0v) is 18.5. The molecule has 1 aromatic heterocycles. The highest BCUT2D eigenvalue weighted by Gasteiger charge is 2.12. The minimum Gasteiger partial charge on any atom is -0.494 e. The molecule has 0 amide bonds. The maximum Gasteiger partial charge on any atom is 0.257 e. The van der Waals surface area contributed by atoms with E-state index in [0.717, 1.165) is 37.5 Å². The SMILES string of the molecule is CCCCCCCCCCCC(=O)n1c(=O)ccc2ccc(OCCCCN)cc21. The van der Waals surface area contributed by atoms with E-state index in [0.29, 0.717) is 30.8 Å². The Morgan fingerprint density at radius 3 is 2.27 bits per heavy atom. The molecule has 0 radical (unpaired) electrons. The Hall–Kier alpha value is -2.14. The van der Waals surface area contributed by atoms with Crippen LogP contribution < -0.4 is 16.0 Å². The van der Waals surface area contributed by atoms with E-state index in [4.69, 9.17) is 10.5 Å². The van der Waals surface area contributed by atoms with Gasteiger partial charge in [-0.15, -0.1) is 0 Å². The van der Waals surface area contributed by atoms with Crippen molar-refractivity contribution in [2.75, 3.05) is 13.2 Å². The van der Waals surface area contributed by atoms with Gasteiger partial charge >= 0.3 is 0 Å². The summed E-state index contributed by atoms with van der Waals surface area (Å²) >= 11 is 0. The topological polar surface area (TPSA) is 74.3 Å². The molecular formula is C25H38N2O3. The molecule has 2 N–H and O–H groups in total. The van der Waals surface area contributed by atoms with Crippen molar-refractivity contribution in [2.24, 2.45) is 5.73 Å². The molecule has 0 unspecified atom stereocenters. The average molecular weight is 415 g/mol. The third-order valence-corrected chi connectivity index (χ3v) is 5.48. The van der Waals surface area contributed by atoms with Crippen molar-refractivity contribution in [1.82, 2.24) is 4.57 Å². The highest BCUT2D eigenvalue weighted by molar-refractivity contribution is 5.91. The highest BCUT2D eigenvalue weighted by Crippen LogP contribution is 2.21. The van der Waals surface area contributed by atoms with E-state index in [2.05, 4.69) is 6.92 Å². The molecule has 0 spiro atoms. The largest absolute Gasteiger partial charge is 0.494 e. The van der Waals surface area contributed by atoms with Crippen molar-refractivity contribution in [1.29, 1.82) is 0 Å². The molecule has 2 aromatic rings. The van der Waals surface area contributed by atoms with Crippen LogP contribution >= 0.6 is 0 Å². The summed E-state index contributed by atoms with van der Waals surface area (Å²) in [7, 11) is 0. The van der Waals surface area contributed by atoms with Crippen molar-refractivity contribution in [2.45, 2.75) is 84.0 Å². The number of nitrogens with two attached hydrogens (primary N) is 1. The van der Waals surface area contributed by atoms with Crippen LogP contribution in [0.15, 0.2) is 35.1 Å². The van der Waals surface area contributed by atoms with Gasteiger partial charge < -0.3 is 10.5 Å². The number of aromatic nitrogens is 1. The predicted octanol–water partition coefficient (Wildman–Crippen LogP) is 5.68. The van der Waals surface area contributed by atoms with Crippen molar-refractivity contribution >= 4 is 16.8 Å². The van der Waals surface area contributed by atoms with Gasteiger partial charge in [0, 0.05) is 18.6 Å². The van der Waals surface area contributed by atoms with E-state index >= 15 is 0 Å². The first-order chi connectivity index (χ1) is 14.7. The fourth-order valence-electron chi connectivity index (χ4n) is 3.69. The van der Waals surface area contributed by atoms with Crippen molar-refractivity contribution in [3.63, 3.8) is 0 Å². The molecule has 0 saturated carbocycles. The lowest BCUT2D eigenvalue weighted by Gasteiger charge is -2.11. The molecule has 0 atom stereocenters. The van der Waals surface area contributed by atoms with E-state index in [-0.39, 0.29) is 11.5 Å². The van der Waals surface area contributed by atoms with Gasteiger partial charge in [-0.1, -0.05) is 58.3 Å². The number of hydrogen-bond acceptors (Lipinski definition) is 4. The van der Waals surface area contributed by atoms with Crippen LogP contribution in [0, 0.1) is 0 Å². The monoisotopic (exact) mass is 414 g/mol. The van der Waals surface area contributed by atoms with Crippen LogP contribution in [0.5, 0.6) is 5.75 Å². The second kappa shape index (κ2) is 14.0. The van der Waals surface area contributed by atoms with Gasteiger partial charge in [-0.2, -0.15) is 0 Å². The molecule has 0 aliphatic heterocycles. The van der Waals surface area contributed by atoms with Gasteiger partial charge in [0.05, 0.1) is 12.1 Å². The molecule has 2 rings (SSSR count). The number of benzene rings is 1. The van der Waals surface area contributed by atoms with Gasteiger partial charge in [0.2, 0.25) is 5.91 Å². The summed E-state index contributed by atoms with van der Waals surface area (Å²) in [6, 6.07) is 8.81. The maximum atomic E-state index is 12.8. The summed E-state index contributed by atoms with van der Waals surface area (Å²) in [5.74, 6) is 0.545. The summed E-state index contributed by atoms with van der Waals surface area (Å²) in [6.45, 7) is 3.45. The molecule has 0 aliphatic rings. The third-order valence-electron chi connectivity index (χ3n) is 5.48. The first-order valence-electron chi connectivity index (χ1n) is 11.7. The first-order valence-corrected chi connectivity index (χ1v) is 11.7. The number of ether oxygens (including phenoxy) is 1. The van der Waals surface area contributed by atoms with Crippen LogP contribution in [0.2, 0.25) is 0 Å². The Balaban J connectivity index is 1.90. The summed E-state index contributed by atoms with van der Waals surface area (Å²) < 4.78 is 7.08. The number of fused-ring (bicyclic) bond motifs is 1. The lowest BCUT2D eigenvalue weighted by molar-refractivity contribution is 0.0900. The molecule has 0 bridgehead atoms. The van der Waals surface area contributed by atoms with Crippen molar-refractivity contribution < 1.29 is 9.53 Å². The fourth-order valence-corrected chi connectivity index (χ4v) is 3.69. The first kappa shape index (κ1) is 24.1. The molecule has 166 valence electrons. The second-order valence-corrected chi connectivity index (χ2v) is 8.04. The number of pyridine rings is 1. The molecule has 5 nitrogen and oxygen atoms in total. The average Bonchev–Trinajstić information content (AvgIpc) is 2.75. The smallest absolute Gasteiger partial charge is 0.257 e. The summed E-state index contributed by atoms with van der Waals surface area (Å²) in [5.41, 5.74) is 5.86. The van der Waals surface area contributed by atoms with E-state index in [1.165, 1.54) is 49.2 Å². The number of rotatable bonds is 15. The number of unbranched alkanes of at least 4 members (excludes halogenated alkanes) is 9. The molecule has 5 heteroatoms. The summed E-state index contributed by atoms with van der Waals surface area (Å²) in [5, 5.41) is 0.865. The van der Waals surface area contributed by atoms with Gasteiger partial charge in [-0.25, -0.2) is 4.57 Å². The van der Waals surface area contributed by atoms with Crippen LogP contribution in [0.3, 0.4) is 0 Å². The quantitative estimate of drug-likeness (QED) is 0.380. The van der Waals surface area contributed by atoms with Gasteiger partial charge in [0.25, 0.3) is 5.56 Å². The zero-order chi connectivity index (χ0) is 21.6. The number of hydrogen-bond donors (Lipinski definition) is 1. The Labute approximate surface area is 180 Å². The second-order valence-electron chi connectivity index (χ2n) is 8.04. The summed E-state index contributed by atoms with van der Waals surface area (Å²) in [6.07, 6.45) is 13.0. The zero-order valence-electron chi connectivity index (χ0n) is 18.5. The maximum absolute atomic E-state index is 12.8. The number of nitrogens with zero attached hydrogens (tertiary/aromatic N) is 1. The van der Waals surface area contributed by atoms with E-state index in [1.54, 1.807) is 12.1 Å². The van der Waals surface area contributed by atoms with E-state index in [1.807, 2.05) is 12.1 Å². The minimum absolute atomic E-state index is 0.131. The Morgan fingerprint density at radius 2 is 1.57 bits per heavy atom. The van der Waals surface area contributed by atoms with Gasteiger partial charge in [-0.3, -0.25) is 9.59 Å². The van der Waals surface area contributed by atoms with E-state index in [9.17, 15) is 9.59 Å². The van der Waals surface area contributed by atoms with Gasteiger partial charge in [0.1, 0.15) is 5.75 Å². The normalized spacial score (nSPS) is 11.1. The standard InChI is InChI=1S/C25H38N2O3/c1-2-3-4-5-6-7-8-9-10-13-24(28)27-23-20-22(30-19-12-11-18-26)16-14-21(23)15-17-25(27)29/h14-17,20H,2-13,18-19,26H2,1H3. The number of carbonyl (C=O) groups excluding carboxylic acids is 1. The highest BCUT2D eigenvalue weighted by atomic mass is 16.5. The molecule has 1 aromatic carbocycles. The number of carbonyl (C=O) groups is 1. The van der Waals surface area contributed by atoms with E-state index < -0.39 is 0 Å². The molecule has 0 aliphatic carbocycles. The Bertz CT molecular complexity index is 829. The van der Waals surface area contributed by atoms with Crippen molar-refractivity contribution in [3.8, 4) is 5.75 Å². The van der Waals surface area contributed by atoms with Crippen LogP contribution in [0.4, 0.5) is 0 Å². The van der Waals surface area contributed by atoms with Gasteiger partial charge in [-0.05, 0) is 49.4 Å². The fraction of sp³-hybridized carbons (Fsp3) is 0.600. The van der Waals surface area contributed by atoms with Crippen LogP contribution in [-0.2, 0) is 0 Å². The minimum atomic E-state index is -0.274. The van der Waals surface area contributed by atoms with Gasteiger partial charge in [0.15, 0.2) is 0 Å². The molecule has 0 fully saturated rings. The van der Waals surface area contributed by atoms with Crippen LogP contribution in [0.1, 0.15) is 88.8 Å². The van der Waals surface area contributed by atoms with Crippen LogP contribution in [0.25, 0.3) is 10.9 Å². The Kier molecular flexibility index (Phi) is 11.2. The van der Waals surface area contributed by atoms with Crippen LogP contribution in [-0.4, -0.2) is 23.6 Å². The molecule has 1 heterocycles. The predicted molar refractivity (Wildman–Crippen MR) is 124 cm³/mol. The van der Waals surface area contributed by atoms with Crippen molar-refractivity contribution in [3.05, 3.63) is 40.7 Å². The molecule has 30 heavy (non-hydrogen) atoms. The lowest BCUT2D eigenvalue weighted by Crippen LogP contribution is -2.26. The molecule has 0 saturated heterocycles.